The standard InChI is InChI=1S/C45H69NO13/c1-51-32-33-56-29-12-27-54-25-10-23-52-21-9-22-53-24-11-26-55-28-13-30-57-34-35-58-31-20-43(47)46-42(45(49)50)18-3-2-4-19-44(48)59-36-41-39-16-7-5-14-37(39)38-15-6-8-17-40(38)41/h5-8,14-17,41-42H,2-4,9-13,18-36H2,1H3,(H,46,47)(H,49,50)/t42-/m0/s1. The minimum atomic E-state index is -1.08. The van der Waals surface area contributed by atoms with Gasteiger partial charge in [-0.3, -0.25) is 9.59 Å². The van der Waals surface area contributed by atoms with E-state index in [2.05, 4.69) is 29.6 Å². The third kappa shape index (κ3) is 22.6. The number of rotatable bonds is 39. The number of carboxylic acid groups (broad SMARTS) is 1. The van der Waals surface area contributed by atoms with Crippen LogP contribution in [0.2, 0.25) is 0 Å². The zero-order valence-corrected chi connectivity index (χ0v) is 35.2. The number of esters is 1. The van der Waals surface area contributed by atoms with Crippen molar-refractivity contribution >= 4 is 17.8 Å². The number of aliphatic carboxylic acids is 1. The number of unbranched alkanes of at least 4 members (excludes halogenated alkanes) is 2. The highest BCUT2D eigenvalue weighted by Crippen LogP contribution is 2.44. The molecule has 0 saturated heterocycles. The van der Waals surface area contributed by atoms with Gasteiger partial charge < -0.3 is 53.1 Å². The molecule has 1 amide bonds. The predicted molar refractivity (Wildman–Crippen MR) is 223 cm³/mol. The van der Waals surface area contributed by atoms with Crippen LogP contribution in [0.4, 0.5) is 0 Å². The van der Waals surface area contributed by atoms with Gasteiger partial charge in [0.05, 0.1) is 33.0 Å². The number of hydrogen-bond donors (Lipinski definition) is 2. The summed E-state index contributed by atoms with van der Waals surface area (Å²) in [5.41, 5.74) is 4.70. The molecule has 0 bridgehead atoms. The SMILES string of the molecule is COCCOCCCOCCCOCCCOCCCOCCCOCCOCCC(=O)N[C@@H](CCCCCC(=O)OCC1c2ccccc2-c2ccccc21)C(=O)O. The second kappa shape index (κ2) is 33.3. The number of benzene rings is 2. The minimum absolute atomic E-state index is 0.0168. The lowest BCUT2D eigenvalue weighted by atomic mass is 9.98. The number of nitrogens with one attached hydrogen (secondary N) is 1. The fraction of sp³-hybridized carbons (Fsp3) is 0.667. The number of carboxylic acids is 1. The van der Waals surface area contributed by atoms with E-state index in [1.807, 2.05) is 24.3 Å². The van der Waals surface area contributed by atoms with Crippen LogP contribution in [-0.2, 0) is 57.0 Å². The topological polar surface area (TPSA) is 167 Å². The van der Waals surface area contributed by atoms with Crippen LogP contribution in [0, 0.1) is 0 Å². The summed E-state index contributed by atoms with van der Waals surface area (Å²) in [6.45, 7) is 8.97. The van der Waals surface area contributed by atoms with Crippen molar-refractivity contribution in [2.45, 2.75) is 82.6 Å². The Morgan fingerprint density at radius 2 is 0.983 bits per heavy atom. The first-order chi connectivity index (χ1) is 29.0. The molecule has 3 rings (SSSR count). The van der Waals surface area contributed by atoms with Gasteiger partial charge in [-0.1, -0.05) is 61.4 Å². The largest absolute Gasteiger partial charge is 0.480 e. The lowest BCUT2D eigenvalue weighted by molar-refractivity contribution is -0.144. The molecular weight excluding hydrogens is 762 g/mol. The van der Waals surface area contributed by atoms with Crippen LogP contribution >= 0.6 is 0 Å². The molecule has 0 aliphatic heterocycles. The van der Waals surface area contributed by atoms with E-state index in [9.17, 15) is 19.5 Å². The summed E-state index contributed by atoms with van der Waals surface area (Å²) in [7, 11) is 1.66. The Kier molecular flexibility index (Phi) is 28.1. The van der Waals surface area contributed by atoms with Gasteiger partial charge in [0.25, 0.3) is 0 Å². The Morgan fingerprint density at radius 3 is 1.46 bits per heavy atom. The highest BCUT2D eigenvalue weighted by Gasteiger charge is 2.29. The lowest BCUT2D eigenvalue weighted by Gasteiger charge is -2.15. The van der Waals surface area contributed by atoms with Gasteiger partial charge in [0.2, 0.25) is 5.91 Å². The molecule has 0 heterocycles. The van der Waals surface area contributed by atoms with E-state index in [4.69, 9.17) is 42.6 Å². The molecule has 0 saturated carbocycles. The van der Waals surface area contributed by atoms with Crippen molar-refractivity contribution in [3.05, 3.63) is 59.7 Å². The fourth-order valence-corrected chi connectivity index (χ4v) is 6.46. The molecule has 0 spiro atoms. The van der Waals surface area contributed by atoms with Crippen molar-refractivity contribution in [3.8, 4) is 11.1 Å². The Bertz CT molecular complexity index is 1360. The summed E-state index contributed by atoms with van der Waals surface area (Å²) < 4.78 is 49.4. The van der Waals surface area contributed by atoms with Crippen molar-refractivity contribution in [1.29, 1.82) is 0 Å². The first-order valence-electron chi connectivity index (χ1n) is 21.4. The van der Waals surface area contributed by atoms with Gasteiger partial charge in [0.15, 0.2) is 0 Å². The number of methoxy groups -OCH3 is 1. The predicted octanol–water partition coefficient (Wildman–Crippen LogP) is 5.97. The number of carbonyl (C=O) groups excluding carboxylic acids is 2. The smallest absolute Gasteiger partial charge is 0.326 e. The maximum absolute atomic E-state index is 12.5. The van der Waals surface area contributed by atoms with Crippen LogP contribution in [0.1, 0.15) is 87.7 Å². The zero-order chi connectivity index (χ0) is 42.0. The summed E-state index contributed by atoms with van der Waals surface area (Å²) in [4.78, 5) is 36.6. The third-order valence-electron chi connectivity index (χ3n) is 9.54. The highest BCUT2D eigenvalue weighted by molar-refractivity contribution is 5.83. The van der Waals surface area contributed by atoms with E-state index < -0.39 is 12.0 Å². The van der Waals surface area contributed by atoms with Gasteiger partial charge in [-0.15, -0.1) is 0 Å². The molecule has 1 aliphatic carbocycles. The van der Waals surface area contributed by atoms with Crippen LogP contribution in [0.15, 0.2) is 48.5 Å². The average Bonchev–Trinajstić information content (AvgIpc) is 3.56. The molecule has 0 radical (unpaired) electrons. The van der Waals surface area contributed by atoms with Gasteiger partial charge in [-0.25, -0.2) is 4.79 Å². The summed E-state index contributed by atoms with van der Waals surface area (Å²) in [5.74, 6) is -1.71. The van der Waals surface area contributed by atoms with Crippen LogP contribution in [0.25, 0.3) is 11.1 Å². The molecule has 0 aromatic heterocycles. The summed E-state index contributed by atoms with van der Waals surface area (Å²) >= 11 is 0. The van der Waals surface area contributed by atoms with Crippen LogP contribution in [0.5, 0.6) is 0 Å². The van der Waals surface area contributed by atoms with E-state index in [1.54, 1.807) is 7.11 Å². The molecule has 332 valence electrons. The van der Waals surface area contributed by atoms with Crippen LogP contribution in [-0.4, -0.2) is 142 Å². The highest BCUT2D eigenvalue weighted by atomic mass is 16.5. The monoisotopic (exact) mass is 831 g/mol. The van der Waals surface area contributed by atoms with Crippen molar-refractivity contribution in [3.63, 3.8) is 0 Å². The quantitative estimate of drug-likeness (QED) is 0.0599. The second-order valence-electron chi connectivity index (χ2n) is 14.3. The second-order valence-corrected chi connectivity index (χ2v) is 14.3. The Balaban J connectivity index is 1.03. The summed E-state index contributed by atoms with van der Waals surface area (Å²) in [6, 6.07) is 15.4. The molecule has 0 fully saturated rings. The molecule has 2 aromatic rings. The normalized spacial score (nSPS) is 12.6. The molecular formula is C45H69NO13. The van der Waals surface area contributed by atoms with E-state index in [0.29, 0.717) is 112 Å². The van der Waals surface area contributed by atoms with Crippen molar-refractivity contribution in [2.75, 3.05) is 113 Å². The third-order valence-corrected chi connectivity index (χ3v) is 9.54. The van der Waals surface area contributed by atoms with E-state index in [0.717, 1.165) is 32.1 Å². The minimum Gasteiger partial charge on any atom is -0.480 e. The Hall–Kier alpha value is -3.47. The maximum Gasteiger partial charge on any atom is 0.326 e. The van der Waals surface area contributed by atoms with E-state index in [-0.39, 0.29) is 50.3 Å². The molecule has 14 nitrogen and oxygen atoms in total. The number of hydrogen-bond acceptors (Lipinski definition) is 12. The summed E-state index contributed by atoms with van der Waals surface area (Å²) in [5, 5.41) is 12.2. The molecule has 1 aliphatic rings. The fourth-order valence-electron chi connectivity index (χ4n) is 6.46. The Morgan fingerprint density at radius 1 is 0.542 bits per heavy atom. The Labute approximate surface area is 350 Å². The number of carbonyl (C=O) groups is 3. The lowest BCUT2D eigenvalue weighted by Crippen LogP contribution is -2.41. The average molecular weight is 832 g/mol. The molecule has 2 N–H and O–H groups in total. The van der Waals surface area contributed by atoms with Gasteiger partial charge >= 0.3 is 11.9 Å². The molecule has 2 aromatic carbocycles. The first kappa shape index (κ1) is 49.9. The van der Waals surface area contributed by atoms with Crippen LogP contribution < -0.4 is 5.32 Å². The zero-order valence-electron chi connectivity index (χ0n) is 35.2. The van der Waals surface area contributed by atoms with Gasteiger partial charge in [-0.05, 0) is 67.2 Å². The number of ether oxygens (including phenoxy) is 9. The van der Waals surface area contributed by atoms with Crippen molar-refractivity contribution < 1.29 is 62.1 Å². The van der Waals surface area contributed by atoms with Crippen LogP contribution in [0.3, 0.4) is 0 Å². The molecule has 59 heavy (non-hydrogen) atoms. The maximum atomic E-state index is 12.5. The van der Waals surface area contributed by atoms with Crippen molar-refractivity contribution in [1.82, 2.24) is 5.32 Å². The van der Waals surface area contributed by atoms with Gasteiger partial charge in [0.1, 0.15) is 12.6 Å². The van der Waals surface area contributed by atoms with E-state index >= 15 is 0 Å². The summed E-state index contributed by atoms with van der Waals surface area (Å²) in [6.07, 6.45) is 6.60. The first-order valence-corrected chi connectivity index (χ1v) is 21.4. The van der Waals surface area contributed by atoms with E-state index in [1.165, 1.54) is 22.3 Å². The molecule has 1 atom stereocenters. The van der Waals surface area contributed by atoms with Crippen molar-refractivity contribution in [2.24, 2.45) is 0 Å². The van der Waals surface area contributed by atoms with Gasteiger partial charge in [-0.2, -0.15) is 0 Å². The molecule has 0 unspecified atom stereocenters. The number of amides is 1. The molecule has 14 heteroatoms. The number of fused-ring (bicyclic) bond motifs is 3. The van der Waals surface area contributed by atoms with Gasteiger partial charge in [0, 0.05) is 91.9 Å².